The molecule has 0 atom stereocenters. The molecule has 1 aromatic heterocycles. The van der Waals surface area contributed by atoms with E-state index in [1.807, 2.05) is 18.4 Å². The first-order valence-corrected chi connectivity index (χ1v) is 7.36. The first kappa shape index (κ1) is 14.4. The molecule has 2 aromatic rings. The second-order valence-corrected chi connectivity index (χ2v) is 5.65. The van der Waals surface area contributed by atoms with E-state index in [2.05, 4.69) is 0 Å². The zero-order valence-corrected chi connectivity index (χ0v) is 12.8. The Labute approximate surface area is 125 Å². The summed E-state index contributed by atoms with van der Waals surface area (Å²) >= 11 is 13.6. The van der Waals surface area contributed by atoms with Crippen molar-refractivity contribution in [3.8, 4) is 5.75 Å². The van der Waals surface area contributed by atoms with Gasteiger partial charge in [-0.25, -0.2) is 0 Å². The van der Waals surface area contributed by atoms with Crippen LogP contribution < -0.4 is 4.74 Å². The van der Waals surface area contributed by atoms with Crippen LogP contribution in [-0.4, -0.2) is 12.9 Å². The summed E-state index contributed by atoms with van der Waals surface area (Å²) < 4.78 is 5.07. The number of aryl methyl sites for hydroxylation is 1. The highest BCUT2D eigenvalue weighted by Gasteiger charge is 2.19. The van der Waals surface area contributed by atoms with Crippen LogP contribution in [0.4, 0.5) is 0 Å². The normalized spacial score (nSPS) is 10.5. The maximum atomic E-state index is 12.5. The first-order chi connectivity index (χ1) is 9.08. The Balaban J connectivity index is 2.48. The van der Waals surface area contributed by atoms with Crippen molar-refractivity contribution >= 4 is 40.3 Å². The van der Waals surface area contributed by atoms with Crippen LogP contribution in [0.3, 0.4) is 0 Å². The molecule has 5 heteroatoms. The first-order valence-electron chi connectivity index (χ1n) is 5.72. The average Bonchev–Trinajstić information content (AvgIpc) is 2.88. The van der Waals surface area contributed by atoms with Gasteiger partial charge in [-0.3, -0.25) is 4.79 Å². The van der Waals surface area contributed by atoms with Crippen molar-refractivity contribution in [2.45, 2.75) is 13.3 Å². The third kappa shape index (κ3) is 2.78. The molecule has 2 rings (SSSR count). The van der Waals surface area contributed by atoms with E-state index in [-0.39, 0.29) is 5.78 Å². The monoisotopic (exact) mass is 314 g/mol. The number of ether oxygens (including phenoxy) is 1. The van der Waals surface area contributed by atoms with Gasteiger partial charge in [-0.15, -0.1) is 11.3 Å². The van der Waals surface area contributed by atoms with Crippen LogP contribution in [0.15, 0.2) is 23.6 Å². The fraction of sp³-hybridized carbons (Fsp3) is 0.214. The standard InChI is InChI=1S/C14H12Cl2O2S/c1-3-8-4-5-19-14(8)13(17)9-6-11(16)12(18-2)7-10(9)15/h4-7H,3H2,1-2H3. The van der Waals surface area contributed by atoms with Crippen LogP contribution >= 0.6 is 34.5 Å². The Kier molecular flexibility index (Phi) is 4.50. The highest BCUT2D eigenvalue weighted by Crippen LogP contribution is 2.33. The van der Waals surface area contributed by atoms with E-state index in [1.54, 1.807) is 12.1 Å². The van der Waals surface area contributed by atoms with Gasteiger partial charge in [0, 0.05) is 11.6 Å². The summed E-state index contributed by atoms with van der Waals surface area (Å²) in [6.45, 7) is 2.02. The quantitative estimate of drug-likeness (QED) is 0.753. The van der Waals surface area contributed by atoms with Crippen LogP contribution in [0.25, 0.3) is 0 Å². The van der Waals surface area contributed by atoms with Crippen molar-refractivity contribution < 1.29 is 9.53 Å². The Hall–Kier alpha value is -1.03. The number of rotatable bonds is 4. The summed E-state index contributed by atoms with van der Waals surface area (Å²) in [5.41, 5.74) is 1.43. The van der Waals surface area contributed by atoms with Crippen molar-refractivity contribution in [3.05, 3.63) is 49.6 Å². The largest absolute Gasteiger partial charge is 0.495 e. The molecular weight excluding hydrogens is 303 g/mol. The molecule has 0 unspecified atom stereocenters. The van der Waals surface area contributed by atoms with Gasteiger partial charge in [-0.05, 0) is 29.5 Å². The van der Waals surface area contributed by atoms with Crippen molar-refractivity contribution in [2.24, 2.45) is 0 Å². The smallest absolute Gasteiger partial charge is 0.204 e. The number of halogens is 2. The zero-order valence-electron chi connectivity index (χ0n) is 10.5. The van der Waals surface area contributed by atoms with E-state index in [9.17, 15) is 4.79 Å². The van der Waals surface area contributed by atoms with Gasteiger partial charge in [0.15, 0.2) is 0 Å². The minimum Gasteiger partial charge on any atom is -0.495 e. The SMILES string of the molecule is CCc1ccsc1C(=O)c1cc(Cl)c(OC)cc1Cl. The molecule has 1 aromatic carbocycles. The summed E-state index contributed by atoms with van der Waals surface area (Å²) in [7, 11) is 1.51. The lowest BCUT2D eigenvalue weighted by Gasteiger charge is -2.08. The minimum absolute atomic E-state index is 0.0959. The van der Waals surface area contributed by atoms with Crippen LogP contribution in [-0.2, 0) is 6.42 Å². The molecule has 1 heterocycles. The van der Waals surface area contributed by atoms with Crippen LogP contribution in [0.2, 0.25) is 10.0 Å². The van der Waals surface area contributed by atoms with Gasteiger partial charge in [0.1, 0.15) is 5.75 Å². The molecule has 0 spiro atoms. The third-order valence-corrected chi connectivity index (χ3v) is 4.38. The highest BCUT2D eigenvalue weighted by molar-refractivity contribution is 7.12. The molecule has 0 aliphatic rings. The fourth-order valence-electron chi connectivity index (χ4n) is 1.79. The molecule has 0 fully saturated rings. The Morgan fingerprint density at radius 2 is 2.05 bits per heavy atom. The van der Waals surface area contributed by atoms with Gasteiger partial charge >= 0.3 is 0 Å². The summed E-state index contributed by atoms with van der Waals surface area (Å²) in [6, 6.07) is 5.08. The summed E-state index contributed by atoms with van der Waals surface area (Å²) in [4.78, 5) is 13.2. The van der Waals surface area contributed by atoms with Gasteiger partial charge in [0.05, 0.1) is 22.0 Å². The molecule has 0 bridgehead atoms. The summed E-state index contributed by atoms with van der Waals surface area (Å²) in [6.07, 6.45) is 0.812. The molecule has 0 aliphatic heterocycles. The number of thiophene rings is 1. The van der Waals surface area contributed by atoms with Crippen molar-refractivity contribution in [3.63, 3.8) is 0 Å². The van der Waals surface area contributed by atoms with Crippen molar-refractivity contribution in [1.82, 2.24) is 0 Å². The van der Waals surface area contributed by atoms with E-state index in [0.29, 0.717) is 26.2 Å². The molecule has 100 valence electrons. The number of benzene rings is 1. The van der Waals surface area contributed by atoms with Gasteiger partial charge < -0.3 is 4.74 Å². The lowest BCUT2D eigenvalue weighted by atomic mass is 10.1. The number of methoxy groups -OCH3 is 1. The lowest BCUT2D eigenvalue weighted by molar-refractivity contribution is 0.104. The van der Waals surface area contributed by atoms with Gasteiger partial charge in [-0.1, -0.05) is 30.1 Å². The Morgan fingerprint density at radius 3 is 2.68 bits per heavy atom. The maximum Gasteiger partial charge on any atom is 0.204 e. The van der Waals surface area contributed by atoms with E-state index in [0.717, 1.165) is 12.0 Å². The minimum atomic E-state index is -0.0959. The van der Waals surface area contributed by atoms with Gasteiger partial charge in [0.25, 0.3) is 0 Å². The summed E-state index contributed by atoms with van der Waals surface area (Å²) in [5.74, 6) is 0.367. The molecule has 0 N–H and O–H groups in total. The number of hydrogen-bond donors (Lipinski definition) is 0. The number of ketones is 1. The Morgan fingerprint density at radius 1 is 1.32 bits per heavy atom. The summed E-state index contributed by atoms with van der Waals surface area (Å²) in [5, 5.41) is 2.64. The molecule has 0 radical (unpaired) electrons. The topological polar surface area (TPSA) is 26.3 Å². The maximum absolute atomic E-state index is 12.5. The third-order valence-electron chi connectivity index (χ3n) is 2.82. The van der Waals surface area contributed by atoms with E-state index < -0.39 is 0 Å². The van der Waals surface area contributed by atoms with Crippen LogP contribution in [0, 0.1) is 0 Å². The molecule has 0 saturated carbocycles. The molecule has 0 saturated heterocycles. The van der Waals surface area contributed by atoms with Crippen molar-refractivity contribution in [1.29, 1.82) is 0 Å². The number of carbonyl (C=O) groups excluding carboxylic acids is 1. The van der Waals surface area contributed by atoms with E-state index in [1.165, 1.54) is 18.4 Å². The van der Waals surface area contributed by atoms with Crippen molar-refractivity contribution in [2.75, 3.05) is 7.11 Å². The highest BCUT2D eigenvalue weighted by atomic mass is 35.5. The second-order valence-electron chi connectivity index (χ2n) is 3.92. The average molecular weight is 315 g/mol. The number of hydrogen-bond acceptors (Lipinski definition) is 3. The van der Waals surface area contributed by atoms with Gasteiger partial charge in [0.2, 0.25) is 5.78 Å². The predicted octanol–water partition coefficient (Wildman–Crippen LogP) is 4.86. The molecule has 2 nitrogen and oxygen atoms in total. The molecule has 19 heavy (non-hydrogen) atoms. The van der Waals surface area contributed by atoms with Gasteiger partial charge in [-0.2, -0.15) is 0 Å². The number of carbonyl (C=O) groups is 1. The lowest BCUT2D eigenvalue weighted by Crippen LogP contribution is -2.03. The molecule has 0 amide bonds. The molecule has 0 aliphatic carbocycles. The van der Waals surface area contributed by atoms with E-state index >= 15 is 0 Å². The second kappa shape index (κ2) is 5.95. The van der Waals surface area contributed by atoms with Crippen LogP contribution in [0.1, 0.15) is 27.7 Å². The fourth-order valence-corrected chi connectivity index (χ4v) is 3.22. The Bertz CT molecular complexity index is 620. The van der Waals surface area contributed by atoms with Crippen LogP contribution in [0.5, 0.6) is 5.75 Å². The zero-order chi connectivity index (χ0) is 14.0. The van der Waals surface area contributed by atoms with E-state index in [4.69, 9.17) is 27.9 Å². The molecular formula is C14H12Cl2O2S. The predicted molar refractivity (Wildman–Crippen MR) is 80.1 cm³/mol.